The average Bonchev–Trinajstić information content (AvgIpc) is 2.39. The molecule has 0 heterocycles. The monoisotopic (exact) mass is 272 g/mol. The summed E-state index contributed by atoms with van der Waals surface area (Å²) in [6.45, 7) is 3.82. The number of hydrogen-bond acceptors (Lipinski definition) is 3. The molecule has 1 rings (SSSR count). The highest BCUT2D eigenvalue weighted by Gasteiger charge is 2.22. The van der Waals surface area contributed by atoms with Gasteiger partial charge in [0, 0.05) is 11.6 Å². The van der Waals surface area contributed by atoms with Gasteiger partial charge in [-0.25, -0.2) is 13.6 Å². The van der Waals surface area contributed by atoms with Crippen LogP contribution in [0.15, 0.2) is 18.2 Å². The Kier molecular flexibility index (Phi) is 5.23. The topological polar surface area (TPSA) is 64.3 Å². The summed E-state index contributed by atoms with van der Waals surface area (Å²) in [5, 5.41) is 2.20. The highest BCUT2D eigenvalue weighted by atomic mass is 19.1. The van der Waals surface area contributed by atoms with Crippen LogP contribution in [0.1, 0.15) is 26.7 Å². The first-order valence-corrected chi connectivity index (χ1v) is 6.08. The molecule has 0 aliphatic heterocycles. The molecule has 19 heavy (non-hydrogen) atoms. The largest absolute Gasteiger partial charge is 0.447 e. The zero-order chi connectivity index (χ0) is 14.5. The van der Waals surface area contributed by atoms with Crippen molar-refractivity contribution in [2.24, 2.45) is 5.73 Å². The van der Waals surface area contributed by atoms with Crippen molar-refractivity contribution in [1.29, 1.82) is 0 Å². The number of hydrogen-bond donors (Lipinski definition) is 2. The van der Waals surface area contributed by atoms with Gasteiger partial charge < -0.3 is 10.5 Å². The zero-order valence-electron chi connectivity index (χ0n) is 11.0. The molecule has 0 spiro atoms. The lowest BCUT2D eigenvalue weighted by Gasteiger charge is -2.25. The van der Waals surface area contributed by atoms with Crippen molar-refractivity contribution >= 4 is 11.8 Å². The molecule has 0 fully saturated rings. The van der Waals surface area contributed by atoms with E-state index in [1.54, 1.807) is 0 Å². The van der Waals surface area contributed by atoms with Crippen LogP contribution in [0.3, 0.4) is 0 Å². The first-order chi connectivity index (χ1) is 8.90. The number of amides is 1. The Morgan fingerprint density at radius 1 is 1.37 bits per heavy atom. The lowest BCUT2D eigenvalue weighted by atomic mass is 9.96. The van der Waals surface area contributed by atoms with E-state index in [4.69, 9.17) is 10.5 Å². The summed E-state index contributed by atoms with van der Waals surface area (Å²) in [7, 11) is 0. The van der Waals surface area contributed by atoms with Crippen molar-refractivity contribution in [3.8, 4) is 0 Å². The number of rotatable bonds is 5. The van der Waals surface area contributed by atoms with E-state index in [9.17, 15) is 13.6 Å². The Morgan fingerprint density at radius 3 is 2.53 bits per heavy atom. The quantitative estimate of drug-likeness (QED) is 0.866. The molecule has 1 amide bonds. The van der Waals surface area contributed by atoms with Gasteiger partial charge in [-0.3, -0.25) is 5.32 Å². The zero-order valence-corrected chi connectivity index (χ0v) is 11.0. The standard InChI is InChI=1S/C13H18F2N2O2/c1-3-13(16,4-2)8-19-12(18)17-11-6-5-9(14)7-10(11)15/h5-7H,3-4,8,16H2,1-2H3,(H,17,18). The number of carbonyl (C=O) groups excluding carboxylic acids is 1. The van der Waals surface area contributed by atoms with Crippen molar-refractivity contribution in [2.75, 3.05) is 11.9 Å². The van der Waals surface area contributed by atoms with Gasteiger partial charge in [0.15, 0.2) is 0 Å². The summed E-state index contributed by atoms with van der Waals surface area (Å²) >= 11 is 0. The third-order valence-electron chi connectivity index (χ3n) is 3.07. The fourth-order valence-electron chi connectivity index (χ4n) is 1.40. The van der Waals surface area contributed by atoms with E-state index >= 15 is 0 Å². The second-order valence-corrected chi connectivity index (χ2v) is 4.39. The third kappa shape index (κ3) is 4.48. The first-order valence-electron chi connectivity index (χ1n) is 6.08. The summed E-state index contributed by atoms with van der Waals surface area (Å²) < 4.78 is 30.9. The smallest absolute Gasteiger partial charge is 0.411 e. The Labute approximate surface area is 110 Å². The Balaban J connectivity index is 2.56. The number of carbonyl (C=O) groups is 1. The van der Waals surface area contributed by atoms with Gasteiger partial charge in [-0.1, -0.05) is 13.8 Å². The molecule has 3 N–H and O–H groups in total. The molecule has 0 radical (unpaired) electrons. The van der Waals surface area contributed by atoms with E-state index in [-0.39, 0.29) is 12.3 Å². The predicted octanol–water partition coefficient (Wildman–Crippen LogP) is 3.03. The molecule has 0 bridgehead atoms. The van der Waals surface area contributed by atoms with Crippen LogP contribution < -0.4 is 11.1 Å². The van der Waals surface area contributed by atoms with E-state index in [0.29, 0.717) is 18.9 Å². The van der Waals surface area contributed by atoms with Crippen LogP contribution in [-0.4, -0.2) is 18.2 Å². The van der Waals surface area contributed by atoms with Crippen LogP contribution in [0.5, 0.6) is 0 Å². The first kappa shape index (κ1) is 15.4. The highest BCUT2D eigenvalue weighted by molar-refractivity contribution is 5.84. The minimum absolute atomic E-state index is 0.0364. The minimum atomic E-state index is -0.859. The molecule has 1 aromatic rings. The molecule has 0 aromatic heterocycles. The lowest BCUT2D eigenvalue weighted by molar-refractivity contribution is 0.125. The number of benzene rings is 1. The third-order valence-corrected chi connectivity index (χ3v) is 3.07. The molecule has 0 saturated carbocycles. The van der Waals surface area contributed by atoms with Gasteiger partial charge in [-0.05, 0) is 25.0 Å². The van der Waals surface area contributed by atoms with Crippen LogP contribution in [0, 0.1) is 11.6 Å². The van der Waals surface area contributed by atoms with Gasteiger partial charge in [0.25, 0.3) is 0 Å². The number of nitrogens with two attached hydrogens (primary N) is 1. The number of anilines is 1. The van der Waals surface area contributed by atoms with Gasteiger partial charge in [0.2, 0.25) is 0 Å². The highest BCUT2D eigenvalue weighted by Crippen LogP contribution is 2.16. The number of nitrogens with one attached hydrogen (secondary N) is 1. The summed E-state index contributed by atoms with van der Waals surface area (Å²) in [5.41, 5.74) is 5.24. The summed E-state index contributed by atoms with van der Waals surface area (Å²) in [6.07, 6.45) is 0.492. The molecular formula is C13H18F2N2O2. The molecule has 4 nitrogen and oxygen atoms in total. The SMILES string of the molecule is CCC(N)(CC)COC(=O)Nc1ccc(F)cc1F. The predicted molar refractivity (Wildman–Crippen MR) is 68.8 cm³/mol. The van der Waals surface area contributed by atoms with Crippen LogP contribution in [0.4, 0.5) is 19.3 Å². The second-order valence-electron chi connectivity index (χ2n) is 4.39. The van der Waals surface area contributed by atoms with Crippen molar-refractivity contribution in [3.05, 3.63) is 29.8 Å². The normalized spacial score (nSPS) is 11.2. The lowest BCUT2D eigenvalue weighted by Crippen LogP contribution is -2.44. The van der Waals surface area contributed by atoms with E-state index in [1.165, 1.54) is 0 Å². The van der Waals surface area contributed by atoms with Crippen molar-refractivity contribution in [1.82, 2.24) is 0 Å². The fraction of sp³-hybridized carbons (Fsp3) is 0.462. The molecule has 1 aromatic carbocycles. The van der Waals surface area contributed by atoms with Gasteiger partial charge in [0.1, 0.15) is 18.2 Å². The maximum atomic E-state index is 13.3. The minimum Gasteiger partial charge on any atom is -0.447 e. The molecule has 106 valence electrons. The molecule has 0 atom stereocenters. The summed E-state index contributed by atoms with van der Waals surface area (Å²) in [4.78, 5) is 11.5. The van der Waals surface area contributed by atoms with Gasteiger partial charge >= 0.3 is 6.09 Å². The molecular weight excluding hydrogens is 254 g/mol. The summed E-state index contributed by atoms with van der Waals surface area (Å²) in [5.74, 6) is -1.57. The fourth-order valence-corrected chi connectivity index (χ4v) is 1.40. The number of ether oxygens (including phenoxy) is 1. The van der Waals surface area contributed by atoms with Gasteiger partial charge in [0.05, 0.1) is 5.69 Å². The van der Waals surface area contributed by atoms with Crippen molar-refractivity contribution < 1.29 is 18.3 Å². The maximum absolute atomic E-state index is 13.3. The second kappa shape index (κ2) is 6.47. The Bertz CT molecular complexity index is 448. The molecule has 0 saturated heterocycles. The van der Waals surface area contributed by atoms with E-state index < -0.39 is 23.3 Å². The van der Waals surface area contributed by atoms with E-state index in [2.05, 4.69) is 5.32 Å². The Morgan fingerprint density at radius 2 is 2.00 bits per heavy atom. The van der Waals surface area contributed by atoms with Crippen LogP contribution in [0.25, 0.3) is 0 Å². The maximum Gasteiger partial charge on any atom is 0.411 e. The molecule has 0 unspecified atom stereocenters. The van der Waals surface area contributed by atoms with Crippen molar-refractivity contribution in [3.63, 3.8) is 0 Å². The number of halogens is 2. The molecule has 0 aliphatic carbocycles. The summed E-state index contributed by atoms with van der Waals surface area (Å²) in [6, 6.07) is 2.85. The molecule has 0 aliphatic rings. The molecule has 6 heteroatoms. The average molecular weight is 272 g/mol. The van der Waals surface area contributed by atoms with Crippen LogP contribution >= 0.6 is 0 Å². The van der Waals surface area contributed by atoms with E-state index in [0.717, 1.165) is 12.1 Å². The van der Waals surface area contributed by atoms with Crippen LogP contribution in [-0.2, 0) is 4.74 Å². The van der Waals surface area contributed by atoms with Crippen LogP contribution in [0.2, 0.25) is 0 Å². The Hall–Kier alpha value is -1.69. The van der Waals surface area contributed by atoms with Gasteiger partial charge in [-0.2, -0.15) is 0 Å². The van der Waals surface area contributed by atoms with E-state index in [1.807, 2.05) is 13.8 Å². The van der Waals surface area contributed by atoms with Crippen molar-refractivity contribution in [2.45, 2.75) is 32.2 Å². The van der Waals surface area contributed by atoms with Gasteiger partial charge in [-0.15, -0.1) is 0 Å².